The Balaban J connectivity index is 3.08. The maximum absolute atomic E-state index is 5.52. The van der Waals surface area contributed by atoms with Crippen LogP contribution >= 0.6 is 11.3 Å². The van der Waals surface area contributed by atoms with Crippen molar-refractivity contribution >= 4 is 22.0 Å². The van der Waals surface area contributed by atoms with Crippen molar-refractivity contribution in [3.05, 3.63) is 11.5 Å². The van der Waals surface area contributed by atoms with Crippen molar-refractivity contribution in [3.63, 3.8) is 0 Å². The molecule has 0 bridgehead atoms. The number of hydrogen-bond acceptors (Lipinski definition) is 5. The molecule has 0 amide bonds. The van der Waals surface area contributed by atoms with E-state index in [1.807, 2.05) is 19.0 Å². The molecule has 5 heteroatoms. The summed E-state index contributed by atoms with van der Waals surface area (Å²) in [5, 5.41) is 0.895. The Bertz CT molecular complexity index is 333. The number of thiazole rings is 1. The fourth-order valence-corrected chi connectivity index (χ4v) is 1.88. The van der Waals surface area contributed by atoms with E-state index in [2.05, 4.69) is 11.6 Å². The predicted molar refractivity (Wildman–Crippen MR) is 61.1 cm³/mol. The van der Waals surface area contributed by atoms with Gasteiger partial charge in [-0.1, -0.05) is 17.9 Å². The van der Waals surface area contributed by atoms with Gasteiger partial charge in [0.1, 0.15) is 0 Å². The highest BCUT2D eigenvalue weighted by molar-refractivity contribution is 7.17. The number of rotatable bonds is 4. The van der Waals surface area contributed by atoms with E-state index >= 15 is 0 Å². The number of hydrogen-bond donors (Lipinski definition) is 1. The van der Waals surface area contributed by atoms with Crippen molar-refractivity contribution in [1.29, 1.82) is 0 Å². The Hall–Kier alpha value is -1.07. The molecule has 14 heavy (non-hydrogen) atoms. The molecule has 0 radical (unpaired) electrons. The maximum Gasteiger partial charge on any atom is 0.233 e. The van der Waals surface area contributed by atoms with Crippen LogP contribution in [-0.2, 0) is 0 Å². The van der Waals surface area contributed by atoms with Crippen LogP contribution in [0.3, 0.4) is 0 Å². The summed E-state index contributed by atoms with van der Waals surface area (Å²) in [6, 6.07) is 0. The number of methoxy groups -OCH3 is 1. The summed E-state index contributed by atoms with van der Waals surface area (Å²) in [5.41, 5.74) is 6.38. The summed E-state index contributed by atoms with van der Waals surface area (Å²) < 4.78 is 5.16. The molecule has 0 aliphatic rings. The molecular formula is C9H15N3OS. The highest BCUT2D eigenvalue weighted by Gasteiger charge is 2.14. The lowest BCUT2D eigenvalue weighted by atomic mass is 10.3. The molecule has 0 saturated carbocycles. The summed E-state index contributed by atoms with van der Waals surface area (Å²) in [4.78, 5) is 7.16. The molecule has 1 rings (SSSR count). The van der Waals surface area contributed by atoms with Gasteiger partial charge >= 0.3 is 0 Å². The Kier molecular flexibility index (Phi) is 3.49. The van der Waals surface area contributed by atoms with Crippen molar-refractivity contribution in [1.82, 2.24) is 4.98 Å². The highest BCUT2D eigenvalue weighted by Crippen LogP contribution is 2.34. The van der Waals surface area contributed by atoms with E-state index in [-0.39, 0.29) is 0 Å². The molecule has 78 valence electrons. The average Bonchev–Trinajstić information content (AvgIpc) is 2.60. The molecule has 0 fully saturated rings. The number of nitrogens with two attached hydrogens (primary N) is 1. The van der Waals surface area contributed by atoms with E-state index in [1.54, 1.807) is 7.11 Å². The monoisotopic (exact) mass is 213 g/mol. The first-order valence-electron chi connectivity index (χ1n) is 4.20. The fourth-order valence-electron chi connectivity index (χ4n) is 0.941. The van der Waals surface area contributed by atoms with Gasteiger partial charge in [-0.2, -0.15) is 4.98 Å². The van der Waals surface area contributed by atoms with Crippen LogP contribution in [0.2, 0.25) is 0 Å². The molecule has 2 N–H and O–H groups in total. The standard InChI is InChI=1S/C9H15N3OS/c1-6(5-10)7-8(13-4)11-9(14-7)12(2)3/h1,5,10H2,2-4H3. The van der Waals surface area contributed by atoms with Gasteiger partial charge in [0.15, 0.2) is 5.13 Å². The van der Waals surface area contributed by atoms with Crippen LogP contribution in [0, 0.1) is 0 Å². The zero-order valence-electron chi connectivity index (χ0n) is 8.70. The van der Waals surface area contributed by atoms with Gasteiger partial charge in [0, 0.05) is 20.6 Å². The molecule has 1 aromatic heterocycles. The number of nitrogens with zero attached hydrogens (tertiary/aromatic N) is 2. The number of anilines is 1. The average molecular weight is 213 g/mol. The van der Waals surface area contributed by atoms with Crippen LogP contribution in [0.1, 0.15) is 4.88 Å². The van der Waals surface area contributed by atoms with Crippen molar-refractivity contribution in [2.75, 3.05) is 32.6 Å². The van der Waals surface area contributed by atoms with Crippen molar-refractivity contribution in [3.8, 4) is 5.88 Å². The molecule has 0 aromatic carbocycles. The van der Waals surface area contributed by atoms with E-state index in [4.69, 9.17) is 10.5 Å². The minimum absolute atomic E-state index is 0.422. The molecule has 0 spiro atoms. The number of aromatic nitrogens is 1. The van der Waals surface area contributed by atoms with Crippen LogP contribution in [0.5, 0.6) is 5.88 Å². The fraction of sp³-hybridized carbons (Fsp3) is 0.444. The largest absolute Gasteiger partial charge is 0.480 e. The summed E-state index contributed by atoms with van der Waals surface area (Å²) in [6.45, 7) is 4.29. The molecular weight excluding hydrogens is 198 g/mol. The second-order valence-corrected chi connectivity index (χ2v) is 4.01. The van der Waals surface area contributed by atoms with Crippen molar-refractivity contribution in [2.45, 2.75) is 0 Å². The Labute approximate surface area is 88.0 Å². The van der Waals surface area contributed by atoms with Crippen LogP contribution < -0.4 is 15.4 Å². The van der Waals surface area contributed by atoms with E-state index in [0.717, 1.165) is 15.6 Å². The smallest absolute Gasteiger partial charge is 0.233 e. The SMILES string of the molecule is C=C(CN)c1sc(N(C)C)nc1OC. The second-order valence-electron chi connectivity index (χ2n) is 3.04. The maximum atomic E-state index is 5.52. The molecule has 0 saturated heterocycles. The summed E-state index contributed by atoms with van der Waals surface area (Å²) in [6.07, 6.45) is 0. The summed E-state index contributed by atoms with van der Waals surface area (Å²) in [7, 11) is 5.47. The van der Waals surface area contributed by atoms with Crippen LogP contribution in [-0.4, -0.2) is 32.7 Å². The molecule has 1 heterocycles. The third-order valence-corrected chi connectivity index (χ3v) is 3.03. The lowest BCUT2D eigenvalue weighted by Crippen LogP contribution is -2.07. The summed E-state index contributed by atoms with van der Waals surface area (Å²) in [5.74, 6) is 0.606. The van der Waals surface area contributed by atoms with Crippen LogP contribution in [0.4, 0.5) is 5.13 Å². The Morgan fingerprint density at radius 3 is 2.71 bits per heavy atom. The van der Waals surface area contributed by atoms with E-state index in [9.17, 15) is 0 Å². The van der Waals surface area contributed by atoms with Gasteiger partial charge in [-0.25, -0.2) is 0 Å². The molecule has 0 atom stereocenters. The van der Waals surface area contributed by atoms with Gasteiger partial charge in [-0.15, -0.1) is 0 Å². The lowest BCUT2D eigenvalue weighted by molar-refractivity contribution is 0.399. The van der Waals surface area contributed by atoms with Gasteiger partial charge in [0.05, 0.1) is 12.0 Å². The van der Waals surface area contributed by atoms with Gasteiger partial charge in [0.25, 0.3) is 0 Å². The van der Waals surface area contributed by atoms with Gasteiger partial charge in [-0.05, 0) is 5.57 Å². The van der Waals surface area contributed by atoms with Crippen LogP contribution in [0.25, 0.3) is 5.57 Å². The third-order valence-electron chi connectivity index (χ3n) is 1.73. The topological polar surface area (TPSA) is 51.4 Å². The van der Waals surface area contributed by atoms with Gasteiger partial charge in [-0.3, -0.25) is 0 Å². The lowest BCUT2D eigenvalue weighted by Gasteiger charge is -2.04. The van der Waals surface area contributed by atoms with Crippen LogP contribution in [0.15, 0.2) is 6.58 Å². The molecule has 0 unspecified atom stereocenters. The first-order chi connectivity index (χ1) is 6.60. The van der Waals surface area contributed by atoms with Gasteiger partial charge < -0.3 is 15.4 Å². The third kappa shape index (κ3) is 2.05. The quantitative estimate of drug-likeness (QED) is 0.816. The highest BCUT2D eigenvalue weighted by atomic mass is 32.1. The minimum Gasteiger partial charge on any atom is -0.480 e. The number of ether oxygens (including phenoxy) is 1. The second kappa shape index (κ2) is 4.43. The summed E-state index contributed by atoms with van der Waals surface area (Å²) >= 11 is 1.54. The molecule has 0 aliphatic carbocycles. The molecule has 1 aromatic rings. The first kappa shape index (κ1) is 11.0. The molecule has 0 aliphatic heterocycles. The first-order valence-corrected chi connectivity index (χ1v) is 5.02. The Morgan fingerprint density at radius 1 is 1.64 bits per heavy atom. The van der Waals surface area contributed by atoms with E-state index in [1.165, 1.54) is 11.3 Å². The zero-order valence-corrected chi connectivity index (χ0v) is 9.52. The normalized spacial score (nSPS) is 10.0. The van der Waals surface area contributed by atoms with Crippen molar-refractivity contribution < 1.29 is 4.74 Å². The Morgan fingerprint density at radius 2 is 2.29 bits per heavy atom. The van der Waals surface area contributed by atoms with E-state index in [0.29, 0.717) is 12.4 Å². The predicted octanol–water partition coefficient (Wildman–Crippen LogP) is 1.19. The van der Waals surface area contributed by atoms with E-state index < -0.39 is 0 Å². The zero-order chi connectivity index (χ0) is 10.7. The molecule has 4 nitrogen and oxygen atoms in total. The minimum atomic E-state index is 0.422. The van der Waals surface area contributed by atoms with Crippen molar-refractivity contribution in [2.24, 2.45) is 5.73 Å². The van der Waals surface area contributed by atoms with Gasteiger partial charge in [0.2, 0.25) is 5.88 Å².